The summed E-state index contributed by atoms with van der Waals surface area (Å²) in [6, 6.07) is 27.8. The maximum absolute atomic E-state index is 9.56. The third kappa shape index (κ3) is 9.92. The average Bonchev–Trinajstić information content (AvgIpc) is 3.60. The van der Waals surface area contributed by atoms with E-state index in [9.17, 15) is 5.11 Å². The molecule has 0 spiro atoms. The molecule has 0 bridgehead atoms. The molecule has 2 aromatic carbocycles. The Hall–Kier alpha value is -1.66. The number of aliphatic hydroxyl groups is 1. The number of aliphatic hydroxyl groups excluding tert-OH is 1. The summed E-state index contributed by atoms with van der Waals surface area (Å²) in [6.07, 6.45) is 5.07. The van der Waals surface area contributed by atoms with Crippen LogP contribution in [0.2, 0.25) is 0 Å². The van der Waals surface area contributed by atoms with Gasteiger partial charge in [0.2, 0.25) is 0 Å². The van der Waals surface area contributed by atoms with Gasteiger partial charge in [0.1, 0.15) is 11.3 Å². The number of halogens is 4. The molecule has 1 N–H and O–H groups in total. The average molecular weight is 875 g/mol. The number of pyridine rings is 2. The first-order valence-corrected chi connectivity index (χ1v) is 16.9. The molecule has 43 heavy (non-hydrogen) atoms. The summed E-state index contributed by atoms with van der Waals surface area (Å²) < 4.78 is 8.02. The van der Waals surface area contributed by atoms with Gasteiger partial charge in [-0.05, 0) is 24.3 Å². The van der Waals surface area contributed by atoms with Crippen LogP contribution in [0.1, 0.15) is 38.6 Å². The number of nitrogens with zero attached hydrogens (tertiary/aromatic N) is 4. The van der Waals surface area contributed by atoms with Crippen molar-refractivity contribution in [3.8, 4) is 22.5 Å². The van der Waals surface area contributed by atoms with Crippen molar-refractivity contribution in [1.29, 1.82) is 0 Å². The van der Waals surface area contributed by atoms with E-state index in [1.807, 2.05) is 120 Å². The number of hydrogen-bond donors (Lipinski definition) is 1. The molecule has 0 aliphatic rings. The van der Waals surface area contributed by atoms with Crippen LogP contribution in [0.5, 0.6) is 0 Å². The molecule has 0 unspecified atom stereocenters. The van der Waals surface area contributed by atoms with Gasteiger partial charge in [0.05, 0.1) is 35.3 Å². The Kier molecular flexibility index (Phi) is 17.2. The molecule has 0 saturated carbocycles. The van der Waals surface area contributed by atoms with Gasteiger partial charge in [-0.2, -0.15) is 6.42 Å². The minimum atomic E-state index is -0.0347. The zero-order chi connectivity index (χ0) is 30.5. The van der Waals surface area contributed by atoms with Gasteiger partial charge in [0, 0.05) is 51.0 Å². The molecule has 10 heteroatoms. The van der Waals surface area contributed by atoms with Gasteiger partial charge in [0.25, 0.3) is 0 Å². The number of aromatic nitrogens is 4. The number of hydrogen-bond acceptors (Lipinski definition) is 3. The molecule has 225 valence electrons. The van der Waals surface area contributed by atoms with Crippen LogP contribution < -0.4 is 0 Å². The summed E-state index contributed by atoms with van der Waals surface area (Å²) in [5, 5.41) is 9.56. The molecule has 4 aromatic heterocycles. The summed E-state index contributed by atoms with van der Waals surface area (Å²) in [4.78, 5) is 9.25. The normalized spacial score (nSPS) is 10.0. The largest absolute Gasteiger partial charge is 0.390 e. The van der Waals surface area contributed by atoms with Crippen molar-refractivity contribution in [2.24, 2.45) is 0 Å². The van der Waals surface area contributed by atoms with Crippen LogP contribution in [-0.4, -0.2) is 23.9 Å². The summed E-state index contributed by atoms with van der Waals surface area (Å²) in [6.45, 7) is 6.08. The first-order valence-electron chi connectivity index (χ1n) is 13.5. The number of imidazole rings is 2. The van der Waals surface area contributed by atoms with Crippen LogP contribution in [0.4, 0.5) is 0 Å². The molecule has 1 radical (unpaired) electrons. The molecule has 6 aromatic rings. The smallest absolute Gasteiger partial charge is 0.138 e. The zero-order valence-corrected chi connectivity index (χ0v) is 31.6. The summed E-state index contributed by atoms with van der Waals surface area (Å²) >= 11 is 15.2. The van der Waals surface area contributed by atoms with E-state index in [1.165, 1.54) is 6.42 Å². The molecular formula is C33H33Br2ClIN4OV-. The minimum Gasteiger partial charge on any atom is -0.390 e. The number of alkyl halides is 1. The maximum Gasteiger partial charge on any atom is 0.138 e. The molecule has 4 heterocycles. The van der Waals surface area contributed by atoms with Crippen molar-refractivity contribution in [3.05, 3.63) is 122 Å². The van der Waals surface area contributed by atoms with Crippen molar-refractivity contribution in [1.82, 2.24) is 18.8 Å². The number of rotatable bonds is 5. The van der Waals surface area contributed by atoms with Gasteiger partial charge in [-0.15, -0.1) is 11.6 Å². The Balaban J connectivity index is 0.000000250. The van der Waals surface area contributed by atoms with Gasteiger partial charge in [-0.25, -0.2) is 9.97 Å². The van der Waals surface area contributed by atoms with Crippen LogP contribution in [0.3, 0.4) is 0 Å². The fraction of sp³-hybridized carbons (Fsp3) is 0.182. The molecule has 0 fully saturated rings. The Bertz CT molecular complexity index is 1560. The third-order valence-corrected chi connectivity index (χ3v) is 8.02. The van der Waals surface area contributed by atoms with E-state index >= 15 is 0 Å². The number of fused-ring (bicyclic) bond motifs is 2. The van der Waals surface area contributed by atoms with Crippen molar-refractivity contribution < 1.29 is 23.7 Å². The second-order valence-corrected chi connectivity index (χ2v) is 11.5. The van der Waals surface area contributed by atoms with Crippen molar-refractivity contribution >= 4 is 77.3 Å². The summed E-state index contributed by atoms with van der Waals surface area (Å²) in [5.41, 5.74) is 7.44. The van der Waals surface area contributed by atoms with E-state index in [1.54, 1.807) is 0 Å². The van der Waals surface area contributed by atoms with E-state index in [0.717, 1.165) is 54.1 Å². The Morgan fingerprint density at radius 3 is 1.53 bits per heavy atom. The van der Waals surface area contributed by atoms with Crippen LogP contribution in [0.15, 0.2) is 106 Å². The Morgan fingerprint density at radius 1 is 0.767 bits per heavy atom. The van der Waals surface area contributed by atoms with Gasteiger partial charge < -0.3 is 36.5 Å². The van der Waals surface area contributed by atoms with Crippen molar-refractivity contribution in [2.45, 2.75) is 39.7 Å². The molecule has 6 rings (SSSR count). The van der Waals surface area contributed by atoms with E-state index in [4.69, 9.17) is 11.6 Å². The SMILES string of the molecule is CC.CC[CH-]I.ClCc1c(-c2ccccc2)nc2cc(Br)ccn12.OCc1c(-c2ccccc2)nc2cc(Br)ccn12.[V]. The van der Waals surface area contributed by atoms with Crippen LogP contribution >= 0.6 is 66.1 Å². The van der Waals surface area contributed by atoms with Gasteiger partial charge >= 0.3 is 0 Å². The Morgan fingerprint density at radius 2 is 1.16 bits per heavy atom. The summed E-state index contributed by atoms with van der Waals surface area (Å²) in [5.74, 6) is 0.438. The molecule has 0 saturated heterocycles. The molecule has 0 aliphatic heterocycles. The third-order valence-electron chi connectivity index (χ3n) is 5.90. The van der Waals surface area contributed by atoms with Gasteiger partial charge in [0.15, 0.2) is 0 Å². The quantitative estimate of drug-likeness (QED) is 0.107. The fourth-order valence-corrected chi connectivity index (χ4v) is 4.98. The summed E-state index contributed by atoms with van der Waals surface area (Å²) in [7, 11) is 0. The molecule has 0 amide bonds. The standard InChI is InChI=1S/C14H10BrClN2.C14H11BrN2O.C3H6I.C2H6.V/c15-11-6-7-18-12(9-16)14(17-13(18)8-11)10-4-2-1-3-5-10;15-11-6-7-17-12(9-18)14(16-13(17)8-11)10-4-2-1-3-5-10;1-2-3-4;1-2;/h1-8H,9H2;1-8,18H,9H2;3H,2H2,1H3;1-2H3;/q;;-1;;. The maximum atomic E-state index is 9.56. The van der Waals surface area contributed by atoms with Crippen LogP contribution in [0, 0.1) is 4.43 Å². The fourth-order valence-electron chi connectivity index (χ4n) is 4.07. The van der Waals surface area contributed by atoms with Gasteiger partial charge in [-0.1, -0.05) is 113 Å². The van der Waals surface area contributed by atoms with E-state index in [-0.39, 0.29) is 25.2 Å². The van der Waals surface area contributed by atoms with E-state index in [0.29, 0.717) is 5.88 Å². The van der Waals surface area contributed by atoms with E-state index < -0.39 is 0 Å². The molecule has 0 aliphatic carbocycles. The number of benzene rings is 2. The zero-order valence-electron chi connectivity index (χ0n) is 24.1. The first kappa shape index (κ1) is 37.5. The Labute approximate surface area is 301 Å². The van der Waals surface area contributed by atoms with E-state index in [2.05, 4.69) is 75.8 Å². The molecule has 0 atom stereocenters. The first-order chi connectivity index (χ1) is 20.5. The topological polar surface area (TPSA) is 54.8 Å². The second kappa shape index (κ2) is 19.7. The monoisotopic (exact) mass is 872 g/mol. The second-order valence-electron chi connectivity index (χ2n) is 8.55. The molecule has 5 nitrogen and oxygen atoms in total. The predicted octanol–water partition coefficient (Wildman–Crippen LogP) is 10.8. The van der Waals surface area contributed by atoms with Crippen LogP contribution in [-0.2, 0) is 31.0 Å². The minimum absolute atomic E-state index is 0. The van der Waals surface area contributed by atoms with Gasteiger partial charge in [-0.3, -0.25) is 4.43 Å². The molecular weight excluding hydrogens is 841 g/mol. The van der Waals surface area contributed by atoms with Crippen LogP contribution in [0.25, 0.3) is 33.8 Å². The van der Waals surface area contributed by atoms with Crippen molar-refractivity contribution in [2.75, 3.05) is 0 Å². The van der Waals surface area contributed by atoms with Crippen molar-refractivity contribution in [3.63, 3.8) is 0 Å². The predicted molar refractivity (Wildman–Crippen MR) is 192 cm³/mol.